The maximum absolute atomic E-state index is 15.1. The van der Waals surface area contributed by atoms with Crippen LogP contribution >= 0.6 is 0 Å². The molecule has 4 bridgehead atoms. The molecule has 6 aliphatic rings. The van der Waals surface area contributed by atoms with E-state index in [0.717, 1.165) is 11.1 Å². The maximum atomic E-state index is 15.1. The quantitative estimate of drug-likeness (QED) is 0.107. The number of ether oxygens (including phenoxy) is 4. The first-order valence-corrected chi connectivity index (χ1v) is 36.2. The average Bonchev–Trinajstić information content (AvgIpc) is 1.75. The standard InChI is InChI=1S/C79H102N10O14/c1-51(2)44-62-76(96)88-38-14-18-64(88)78(98)85(8)66(46-53(5)6)74(94)80-36-34-55-28-32-59(33-29-55)101-43-41-87(71(91)50-103-69-21-13-11-17-61(69)73(93)83-62)48-57-24-22-56(23-25-57)47-67-75(95)81-37-35-54-26-30-58(31-27-54)100-42-40-84(7)70(90)49-102-68-20-12-10-16-60(68)72(92)82-63(45-52(3)4)77(97)89-39-15-19-65(89)79(99)86(67)9/h10-13,16-17,20-33,51-53,62-67H,14-15,18-19,34-50H2,1-9H3,(H,80,94)(H,81,95)(H,82,92)(H,83,93)/t62-,63-,64-,65-,66+,67+/m1/s1. The lowest BCUT2D eigenvalue weighted by atomic mass is 10.00. The van der Waals surface area contributed by atoms with Crippen molar-refractivity contribution in [2.45, 2.75) is 149 Å². The molecule has 10 amide bonds. The number of para-hydroxylation sites is 2. The van der Waals surface area contributed by atoms with Crippen molar-refractivity contribution in [1.29, 1.82) is 0 Å². The lowest BCUT2D eigenvalue weighted by molar-refractivity contribution is -0.148. The highest BCUT2D eigenvalue weighted by molar-refractivity contribution is 6.02. The van der Waals surface area contributed by atoms with Crippen molar-refractivity contribution >= 4 is 59.1 Å². The zero-order valence-corrected chi connectivity index (χ0v) is 61.0. The molecule has 24 heteroatoms. The number of hydrogen-bond donors (Lipinski definition) is 4. The third-order valence-corrected chi connectivity index (χ3v) is 19.4. The van der Waals surface area contributed by atoms with E-state index in [1.807, 2.05) is 114 Å². The van der Waals surface area contributed by atoms with E-state index in [1.165, 1.54) is 24.5 Å². The van der Waals surface area contributed by atoms with Crippen molar-refractivity contribution in [1.82, 2.24) is 50.7 Å². The van der Waals surface area contributed by atoms with E-state index in [2.05, 4.69) is 21.3 Å². The molecule has 552 valence electrons. The Kier molecular flexibility index (Phi) is 27.5. The van der Waals surface area contributed by atoms with Gasteiger partial charge in [0, 0.05) is 60.3 Å². The van der Waals surface area contributed by atoms with E-state index in [0.29, 0.717) is 80.7 Å². The number of likely N-dealkylation sites (N-methyl/N-ethyl adjacent to an activating group) is 3. The fourth-order valence-corrected chi connectivity index (χ4v) is 13.6. The minimum absolute atomic E-state index is 0.0374. The van der Waals surface area contributed by atoms with Gasteiger partial charge in [-0.2, -0.15) is 0 Å². The van der Waals surface area contributed by atoms with Gasteiger partial charge in [-0.3, -0.25) is 47.9 Å². The van der Waals surface area contributed by atoms with E-state index >= 15 is 4.79 Å². The number of rotatable bonds is 10. The molecule has 0 saturated carbocycles. The smallest absolute Gasteiger partial charge is 0.260 e. The summed E-state index contributed by atoms with van der Waals surface area (Å²) >= 11 is 0. The zero-order chi connectivity index (χ0) is 73.9. The molecule has 6 aliphatic heterocycles. The summed E-state index contributed by atoms with van der Waals surface area (Å²) in [5, 5.41) is 12.0. The number of fused-ring (bicyclic) bond motifs is 34. The van der Waals surface area contributed by atoms with Gasteiger partial charge in [-0.1, -0.05) is 114 Å². The third kappa shape index (κ3) is 21.1. The van der Waals surface area contributed by atoms with Crippen LogP contribution in [-0.2, 0) is 64.2 Å². The zero-order valence-electron chi connectivity index (χ0n) is 61.0. The summed E-state index contributed by atoms with van der Waals surface area (Å²) in [4.78, 5) is 153. The molecule has 4 N–H and O–H groups in total. The van der Waals surface area contributed by atoms with Crippen LogP contribution in [0.15, 0.2) is 121 Å². The summed E-state index contributed by atoms with van der Waals surface area (Å²) in [6.45, 7) is 12.7. The Labute approximate surface area is 604 Å². The van der Waals surface area contributed by atoms with E-state index in [9.17, 15) is 43.2 Å². The minimum atomic E-state index is -1.06. The van der Waals surface area contributed by atoms with Gasteiger partial charge < -0.3 is 69.6 Å². The third-order valence-electron chi connectivity index (χ3n) is 19.4. The van der Waals surface area contributed by atoms with Gasteiger partial charge in [0.2, 0.25) is 35.4 Å². The van der Waals surface area contributed by atoms with Gasteiger partial charge in [0.1, 0.15) is 72.5 Å². The van der Waals surface area contributed by atoms with Gasteiger partial charge in [0.25, 0.3) is 23.6 Å². The highest BCUT2D eigenvalue weighted by Crippen LogP contribution is 2.29. The number of nitrogens with one attached hydrogen (secondary N) is 4. The number of hydrogen-bond acceptors (Lipinski definition) is 14. The Bertz CT molecular complexity index is 3770. The SMILES string of the molecule is CC(C)C[C@H]1NC(=O)c2ccccc2OCC(=O)N(C)CCOc2ccc(cc2)CCNC(=O)[C@H](Cc2ccc(CN3CCOc4ccc(cc4)CCNC(=O)[C@H](CC(C)C)N(C)C(=O)[C@H]4CCCN4C(=O)[C@@H](CC(C)C)NC(=O)c4ccccc4OCC3=O)cc2)N(C)C(=O)[C@H]2CCCN2C1=O. The van der Waals surface area contributed by atoms with Crippen LogP contribution in [0.3, 0.4) is 0 Å². The second-order valence-corrected chi connectivity index (χ2v) is 28.5. The second kappa shape index (κ2) is 36.7. The fourth-order valence-electron chi connectivity index (χ4n) is 13.6. The molecule has 0 aromatic heterocycles. The van der Waals surface area contributed by atoms with Crippen molar-refractivity contribution in [3.8, 4) is 23.0 Å². The monoisotopic (exact) mass is 1410 g/mol. The van der Waals surface area contributed by atoms with Crippen LogP contribution < -0.4 is 40.2 Å². The molecular weight excluding hydrogens is 1310 g/mol. The van der Waals surface area contributed by atoms with Crippen molar-refractivity contribution in [2.75, 3.05) is 86.8 Å². The highest BCUT2D eigenvalue weighted by Gasteiger charge is 2.44. The van der Waals surface area contributed by atoms with E-state index < -0.39 is 84.2 Å². The molecule has 6 atom stereocenters. The van der Waals surface area contributed by atoms with Crippen LogP contribution in [0.4, 0.5) is 0 Å². The Morgan fingerprint density at radius 1 is 0.447 bits per heavy atom. The molecule has 5 aromatic carbocycles. The molecule has 0 unspecified atom stereocenters. The largest absolute Gasteiger partial charge is 0.492 e. The molecule has 24 nitrogen and oxygen atoms in total. The van der Waals surface area contributed by atoms with Crippen LogP contribution in [0.2, 0.25) is 0 Å². The van der Waals surface area contributed by atoms with Crippen LogP contribution in [0, 0.1) is 17.8 Å². The van der Waals surface area contributed by atoms with Gasteiger partial charge in [0.05, 0.1) is 24.2 Å². The van der Waals surface area contributed by atoms with Crippen LogP contribution in [-0.4, -0.2) is 212 Å². The molecule has 5 aromatic rings. The van der Waals surface area contributed by atoms with Gasteiger partial charge in [-0.15, -0.1) is 0 Å². The molecule has 6 heterocycles. The Morgan fingerprint density at radius 3 is 1.35 bits per heavy atom. The lowest BCUT2D eigenvalue weighted by Crippen LogP contribution is -2.57. The van der Waals surface area contributed by atoms with Crippen LogP contribution in [0.5, 0.6) is 23.0 Å². The van der Waals surface area contributed by atoms with Crippen LogP contribution in [0.1, 0.15) is 129 Å². The van der Waals surface area contributed by atoms with E-state index in [1.54, 1.807) is 74.6 Å². The molecule has 11 rings (SSSR count). The second-order valence-electron chi connectivity index (χ2n) is 28.5. The van der Waals surface area contributed by atoms with E-state index in [4.69, 9.17) is 18.9 Å². The van der Waals surface area contributed by atoms with E-state index in [-0.39, 0.29) is 130 Å². The minimum Gasteiger partial charge on any atom is -0.492 e. The first-order chi connectivity index (χ1) is 49.4. The number of benzene rings is 5. The van der Waals surface area contributed by atoms with Crippen molar-refractivity contribution < 1.29 is 66.9 Å². The number of nitrogens with zero attached hydrogens (tertiary/aromatic N) is 6. The Hall–Kier alpha value is -10.0. The molecule has 0 aliphatic carbocycles. The molecule has 0 radical (unpaired) electrons. The van der Waals surface area contributed by atoms with Gasteiger partial charge >= 0.3 is 0 Å². The Morgan fingerprint density at radius 2 is 0.874 bits per heavy atom. The summed E-state index contributed by atoms with van der Waals surface area (Å²) in [6, 6.07) is 29.5. The lowest BCUT2D eigenvalue weighted by Gasteiger charge is -2.35. The Balaban J connectivity index is 0.958. The summed E-state index contributed by atoms with van der Waals surface area (Å²) in [5.41, 5.74) is 3.47. The number of amides is 10. The van der Waals surface area contributed by atoms with Crippen molar-refractivity contribution in [3.05, 3.63) is 155 Å². The first kappa shape index (κ1) is 77.2. The van der Waals surface area contributed by atoms with Crippen LogP contribution in [0.25, 0.3) is 0 Å². The topological polar surface area (TPSA) is 275 Å². The van der Waals surface area contributed by atoms with Crippen molar-refractivity contribution in [3.63, 3.8) is 0 Å². The molecule has 0 spiro atoms. The summed E-state index contributed by atoms with van der Waals surface area (Å²) in [5.74, 6) is -2.94. The number of carbonyl (C=O) groups is 10. The molecule has 103 heavy (non-hydrogen) atoms. The maximum Gasteiger partial charge on any atom is 0.260 e. The van der Waals surface area contributed by atoms with Gasteiger partial charge in [0.15, 0.2) is 13.2 Å². The van der Waals surface area contributed by atoms with Gasteiger partial charge in [-0.25, -0.2) is 0 Å². The predicted molar refractivity (Wildman–Crippen MR) is 388 cm³/mol. The molecular formula is C79H102N10O14. The highest BCUT2D eigenvalue weighted by atomic mass is 16.5. The normalized spacial score (nSPS) is 22.0. The summed E-state index contributed by atoms with van der Waals surface area (Å²) < 4.78 is 24.4. The summed E-state index contributed by atoms with van der Waals surface area (Å²) in [7, 11) is 4.82. The fraction of sp³-hybridized carbons (Fsp3) is 0.494. The average molecular weight is 1420 g/mol. The molecule has 2 saturated heterocycles. The first-order valence-electron chi connectivity index (χ1n) is 36.2. The summed E-state index contributed by atoms with van der Waals surface area (Å²) in [6.07, 6.45) is 3.73. The van der Waals surface area contributed by atoms with Crippen molar-refractivity contribution in [2.24, 2.45) is 17.8 Å². The predicted octanol–water partition coefficient (Wildman–Crippen LogP) is 6.65. The van der Waals surface area contributed by atoms with Gasteiger partial charge in [-0.05, 0) is 146 Å². The number of carbonyl (C=O) groups excluding carboxylic acids is 10. The molecule has 2 fully saturated rings.